The van der Waals surface area contributed by atoms with Crippen LogP contribution in [0.3, 0.4) is 0 Å². The van der Waals surface area contributed by atoms with Gasteiger partial charge in [0.15, 0.2) is 0 Å². The molecule has 0 bridgehead atoms. The second-order valence-electron chi connectivity index (χ2n) is 9.00. The summed E-state index contributed by atoms with van der Waals surface area (Å²) in [6.07, 6.45) is -2.41. The Morgan fingerprint density at radius 3 is 2.35 bits per heavy atom. The van der Waals surface area contributed by atoms with Gasteiger partial charge >= 0.3 is 6.18 Å². The van der Waals surface area contributed by atoms with E-state index in [-0.39, 0.29) is 16.9 Å². The summed E-state index contributed by atoms with van der Waals surface area (Å²) < 4.78 is 38.0. The van der Waals surface area contributed by atoms with Crippen molar-refractivity contribution in [2.24, 2.45) is 11.8 Å². The lowest BCUT2D eigenvalue weighted by Crippen LogP contribution is -2.39. The van der Waals surface area contributed by atoms with E-state index in [0.717, 1.165) is 56.4 Å². The van der Waals surface area contributed by atoms with E-state index in [4.69, 9.17) is 0 Å². The molecule has 0 aromatic heterocycles. The number of likely N-dealkylation sites (tertiary alicyclic amines) is 1. The van der Waals surface area contributed by atoms with E-state index in [2.05, 4.69) is 29.4 Å². The number of halogens is 3. The maximum Gasteiger partial charge on any atom is 0.416 e. The van der Waals surface area contributed by atoms with Crippen molar-refractivity contribution in [1.82, 2.24) is 4.90 Å². The van der Waals surface area contributed by atoms with Gasteiger partial charge in [-0.1, -0.05) is 13.8 Å². The number of benzene rings is 2. The van der Waals surface area contributed by atoms with Crippen LogP contribution in [0.2, 0.25) is 0 Å². The topological polar surface area (TPSA) is 87.5 Å². The SMILES string of the molecule is C[C@@H]1C[C@@H](C)CN(CCCNc2ccc(C(=O)Nc3ccc(C(F)(F)F)cc3)cc2[N+](=O)[O-])C1. The molecule has 2 N–H and O–H groups in total. The molecule has 0 spiro atoms. The van der Waals surface area contributed by atoms with Crippen molar-refractivity contribution in [3.05, 3.63) is 63.7 Å². The second kappa shape index (κ2) is 10.9. The van der Waals surface area contributed by atoms with Crippen molar-refractivity contribution in [2.75, 3.05) is 36.8 Å². The van der Waals surface area contributed by atoms with Gasteiger partial charge in [-0.25, -0.2) is 0 Å². The zero-order valence-electron chi connectivity index (χ0n) is 19.2. The van der Waals surface area contributed by atoms with Crippen molar-refractivity contribution in [3.8, 4) is 0 Å². The molecule has 1 fully saturated rings. The third-order valence-electron chi connectivity index (χ3n) is 5.84. The van der Waals surface area contributed by atoms with Crippen LogP contribution in [0, 0.1) is 22.0 Å². The van der Waals surface area contributed by atoms with Crippen molar-refractivity contribution in [1.29, 1.82) is 0 Å². The van der Waals surface area contributed by atoms with E-state index < -0.39 is 22.6 Å². The minimum atomic E-state index is -4.48. The number of carbonyl (C=O) groups is 1. The number of nitrogens with zero attached hydrogens (tertiary/aromatic N) is 2. The summed E-state index contributed by atoms with van der Waals surface area (Å²) in [6, 6.07) is 8.07. The molecular formula is C24H29F3N4O3. The number of anilines is 2. The van der Waals surface area contributed by atoms with Crippen LogP contribution >= 0.6 is 0 Å². The molecule has 34 heavy (non-hydrogen) atoms. The molecule has 3 rings (SSSR count). The lowest BCUT2D eigenvalue weighted by Gasteiger charge is -2.34. The number of alkyl halides is 3. The fraction of sp³-hybridized carbons (Fsp3) is 0.458. The minimum Gasteiger partial charge on any atom is -0.379 e. The van der Waals surface area contributed by atoms with Gasteiger partial charge in [-0.05, 0) is 67.6 Å². The van der Waals surface area contributed by atoms with E-state index in [1.54, 1.807) is 0 Å². The molecule has 0 aliphatic carbocycles. The summed E-state index contributed by atoms with van der Waals surface area (Å²) in [5, 5.41) is 17.1. The highest BCUT2D eigenvalue weighted by Gasteiger charge is 2.30. The fourth-order valence-electron chi connectivity index (χ4n) is 4.42. The summed E-state index contributed by atoms with van der Waals surface area (Å²) >= 11 is 0. The third-order valence-corrected chi connectivity index (χ3v) is 5.84. The Hall–Kier alpha value is -3.14. The van der Waals surface area contributed by atoms with Crippen molar-refractivity contribution in [3.63, 3.8) is 0 Å². The van der Waals surface area contributed by atoms with E-state index in [1.165, 1.54) is 18.6 Å². The van der Waals surface area contributed by atoms with Crippen LogP contribution in [-0.4, -0.2) is 41.9 Å². The van der Waals surface area contributed by atoms with Crippen LogP contribution in [0.1, 0.15) is 42.6 Å². The first kappa shape index (κ1) is 25.5. The summed E-state index contributed by atoms with van der Waals surface area (Å²) in [5.41, 5.74) is -0.560. The number of nitro groups is 1. The molecule has 2 atom stereocenters. The van der Waals surface area contributed by atoms with Gasteiger partial charge in [0.05, 0.1) is 10.5 Å². The van der Waals surface area contributed by atoms with Crippen molar-refractivity contribution in [2.45, 2.75) is 32.9 Å². The number of amides is 1. The summed E-state index contributed by atoms with van der Waals surface area (Å²) in [7, 11) is 0. The smallest absolute Gasteiger partial charge is 0.379 e. The van der Waals surface area contributed by atoms with Crippen molar-refractivity contribution >= 4 is 23.0 Å². The van der Waals surface area contributed by atoms with E-state index in [1.807, 2.05) is 0 Å². The standard InChI is InChI=1S/C24H29F3N4O3/c1-16-12-17(2)15-30(14-16)11-3-10-28-21-9-4-18(13-22(21)31(33)34)23(32)29-20-7-5-19(6-8-20)24(25,26)27/h4-9,13,16-17,28H,3,10-12,14-15H2,1-2H3,(H,29,32)/t16-,17-/m1/s1. The molecule has 1 amide bonds. The molecule has 2 aromatic carbocycles. The van der Waals surface area contributed by atoms with Crippen LogP contribution in [0.25, 0.3) is 0 Å². The zero-order chi connectivity index (χ0) is 24.9. The predicted octanol–water partition coefficient (Wildman–Crippen LogP) is 5.65. The van der Waals surface area contributed by atoms with Crippen LogP contribution in [0.4, 0.5) is 30.2 Å². The monoisotopic (exact) mass is 478 g/mol. The largest absolute Gasteiger partial charge is 0.416 e. The molecular weight excluding hydrogens is 449 g/mol. The highest BCUT2D eigenvalue weighted by molar-refractivity contribution is 6.05. The number of hydrogen-bond acceptors (Lipinski definition) is 5. The highest BCUT2D eigenvalue weighted by Crippen LogP contribution is 2.30. The normalized spacial score (nSPS) is 19.0. The Morgan fingerprint density at radius 2 is 1.76 bits per heavy atom. The lowest BCUT2D eigenvalue weighted by molar-refractivity contribution is -0.384. The lowest BCUT2D eigenvalue weighted by atomic mass is 9.92. The van der Waals surface area contributed by atoms with Crippen LogP contribution < -0.4 is 10.6 Å². The first-order valence-electron chi connectivity index (χ1n) is 11.3. The highest BCUT2D eigenvalue weighted by atomic mass is 19.4. The maximum absolute atomic E-state index is 12.7. The number of nitrogens with one attached hydrogen (secondary N) is 2. The molecule has 1 aliphatic heterocycles. The molecule has 0 unspecified atom stereocenters. The summed E-state index contributed by atoms with van der Waals surface area (Å²) in [4.78, 5) is 25.9. The van der Waals surface area contributed by atoms with E-state index in [0.29, 0.717) is 24.1 Å². The molecule has 1 aliphatic rings. The van der Waals surface area contributed by atoms with E-state index in [9.17, 15) is 28.1 Å². The molecule has 7 nitrogen and oxygen atoms in total. The molecule has 0 saturated carbocycles. The second-order valence-corrected chi connectivity index (χ2v) is 9.00. The summed E-state index contributed by atoms with van der Waals surface area (Å²) in [6.45, 7) is 8.08. The summed E-state index contributed by atoms with van der Waals surface area (Å²) in [5.74, 6) is 0.681. The number of rotatable bonds is 8. The Bertz CT molecular complexity index is 1000. The molecule has 0 radical (unpaired) electrons. The van der Waals surface area contributed by atoms with Crippen LogP contribution in [-0.2, 0) is 6.18 Å². The zero-order valence-corrected chi connectivity index (χ0v) is 19.2. The van der Waals surface area contributed by atoms with Gasteiger partial charge in [-0.2, -0.15) is 13.2 Å². The average Bonchev–Trinajstić information content (AvgIpc) is 2.75. The molecule has 1 saturated heterocycles. The average molecular weight is 479 g/mol. The molecule has 2 aromatic rings. The van der Waals surface area contributed by atoms with Gasteiger partial charge in [-0.15, -0.1) is 0 Å². The van der Waals surface area contributed by atoms with Gasteiger partial charge in [0, 0.05) is 37.0 Å². The predicted molar refractivity (Wildman–Crippen MR) is 125 cm³/mol. The molecule has 184 valence electrons. The number of nitro benzene ring substituents is 1. The number of piperidine rings is 1. The molecule has 10 heteroatoms. The van der Waals surface area contributed by atoms with Gasteiger partial charge in [0.2, 0.25) is 0 Å². The Labute approximate surface area is 196 Å². The Kier molecular flexibility index (Phi) is 8.14. The first-order valence-corrected chi connectivity index (χ1v) is 11.3. The first-order chi connectivity index (χ1) is 16.0. The number of carbonyl (C=O) groups excluding carboxylic acids is 1. The van der Waals surface area contributed by atoms with Gasteiger partial charge < -0.3 is 15.5 Å². The van der Waals surface area contributed by atoms with Crippen molar-refractivity contribution < 1.29 is 22.9 Å². The number of hydrogen-bond donors (Lipinski definition) is 2. The maximum atomic E-state index is 12.7. The fourth-order valence-corrected chi connectivity index (χ4v) is 4.42. The van der Waals surface area contributed by atoms with Gasteiger partial charge in [0.25, 0.3) is 11.6 Å². The van der Waals surface area contributed by atoms with E-state index >= 15 is 0 Å². The van der Waals surface area contributed by atoms with Crippen LogP contribution in [0.15, 0.2) is 42.5 Å². The van der Waals surface area contributed by atoms with Gasteiger partial charge in [0.1, 0.15) is 5.69 Å². The minimum absolute atomic E-state index is 0.0356. The third kappa shape index (κ3) is 6.93. The Morgan fingerprint density at radius 1 is 1.12 bits per heavy atom. The molecule has 1 heterocycles. The van der Waals surface area contributed by atoms with Crippen LogP contribution in [0.5, 0.6) is 0 Å². The van der Waals surface area contributed by atoms with Gasteiger partial charge in [-0.3, -0.25) is 14.9 Å². The quantitative estimate of drug-likeness (QED) is 0.291. The Balaban J connectivity index is 1.59.